The van der Waals surface area contributed by atoms with Crippen molar-refractivity contribution in [2.24, 2.45) is 0 Å². The third kappa shape index (κ3) is 4.92. The molecule has 0 N–H and O–H groups in total. The van der Waals surface area contributed by atoms with Gasteiger partial charge in [-0.05, 0) is 44.5 Å². The van der Waals surface area contributed by atoms with Crippen LogP contribution in [0.2, 0.25) is 0 Å². The van der Waals surface area contributed by atoms with Gasteiger partial charge in [0.05, 0.1) is 11.1 Å². The van der Waals surface area contributed by atoms with Crippen molar-refractivity contribution in [3.63, 3.8) is 0 Å². The molecule has 0 aliphatic heterocycles. The maximum Gasteiger partial charge on any atom is 0.338 e. The molecule has 0 saturated carbocycles. The molecule has 0 saturated heterocycles. The quantitative estimate of drug-likeness (QED) is 0.689. The van der Waals surface area contributed by atoms with Crippen LogP contribution in [0.5, 0.6) is 0 Å². The van der Waals surface area contributed by atoms with Crippen LogP contribution in [0.3, 0.4) is 0 Å². The standard InChI is InChI=1S/C21H24O4/c1-4-15-21(3,25-20(23)18-13-9-6-10-14-18)16(2)24-19(22)17-11-7-5-8-12-17/h5-14,16H,4,15H2,1-3H3. The fraction of sp³-hybridized carbons (Fsp3) is 0.333. The number of hydrogen-bond acceptors (Lipinski definition) is 4. The van der Waals surface area contributed by atoms with E-state index in [0.29, 0.717) is 17.5 Å². The first-order valence-corrected chi connectivity index (χ1v) is 8.50. The highest BCUT2D eigenvalue weighted by molar-refractivity contribution is 5.90. The molecule has 2 aromatic rings. The Morgan fingerprint density at radius 2 is 1.40 bits per heavy atom. The van der Waals surface area contributed by atoms with Crippen molar-refractivity contribution in [2.75, 3.05) is 0 Å². The van der Waals surface area contributed by atoms with E-state index in [1.165, 1.54) is 0 Å². The second-order valence-corrected chi connectivity index (χ2v) is 6.23. The van der Waals surface area contributed by atoms with Crippen molar-refractivity contribution in [3.05, 3.63) is 71.8 Å². The van der Waals surface area contributed by atoms with E-state index >= 15 is 0 Å². The summed E-state index contributed by atoms with van der Waals surface area (Å²) in [6.07, 6.45) is 0.813. The largest absolute Gasteiger partial charge is 0.455 e. The lowest BCUT2D eigenvalue weighted by atomic mass is 9.94. The molecular formula is C21H24O4. The maximum absolute atomic E-state index is 12.4. The molecule has 132 valence electrons. The monoisotopic (exact) mass is 340 g/mol. The van der Waals surface area contributed by atoms with E-state index < -0.39 is 23.6 Å². The minimum absolute atomic E-state index is 0.417. The average Bonchev–Trinajstić information content (AvgIpc) is 2.63. The smallest absolute Gasteiger partial charge is 0.338 e. The Kier molecular flexibility index (Phi) is 6.34. The number of benzene rings is 2. The van der Waals surface area contributed by atoms with Gasteiger partial charge in [0, 0.05) is 0 Å². The third-order valence-corrected chi connectivity index (χ3v) is 4.23. The van der Waals surface area contributed by atoms with E-state index in [1.807, 2.05) is 19.1 Å². The molecule has 0 amide bonds. The molecule has 0 aliphatic carbocycles. The Morgan fingerprint density at radius 3 is 1.88 bits per heavy atom. The molecule has 0 bridgehead atoms. The van der Waals surface area contributed by atoms with E-state index in [-0.39, 0.29) is 0 Å². The Balaban J connectivity index is 2.11. The first kappa shape index (κ1) is 18.7. The van der Waals surface area contributed by atoms with E-state index in [0.717, 1.165) is 6.42 Å². The van der Waals surface area contributed by atoms with Crippen molar-refractivity contribution >= 4 is 11.9 Å². The van der Waals surface area contributed by atoms with Crippen LogP contribution >= 0.6 is 0 Å². The molecule has 4 heteroatoms. The lowest BCUT2D eigenvalue weighted by molar-refractivity contribution is -0.0856. The lowest BCUT2D eigenvalue weighted by Gasteiger charge is -2.34. The number of ether oxygens (including phenoxy) is 2. The van der Waals surface area contributed by atoms with Crippen LogP contribution in [0, 0.1) is 0 Å². The van der Waals surface area contributed by atoms with Crippen molar-refractivity contribution in [1.29, 1.82) is 0 Å². The normalized spacial score (nSPS) is 14.2. The van der Waals surface area contributed by atoms with Gasteiger partial charge in [-0.15, -0.1) is 0 Å². The Hall–Kier alpha value is -2.62. The number of esters is 2. The molecule has 2 unspecified atom stereocenters. The summed E-state index contributed by atoms with van der Waals surface area (Å²) >= 11 is 0. The first-order valence-electron chi connectivity index (χ1n) is 8.50. The highest BCUT2D eigenvalue weighted by Gasteiger charge is 2.37. The first-order chi connectivity index (χ1) is 12.0. The predicted octanol–water partition coefficient (Wildman–Crippen LogP) is 4.65. The van der Waals surface area contributed by atoms with Crippen molar-refractivity contribution in [2.45, 2.75) is 45.3 Å². The molecule has 0 fully saturated rings. The molecular weight excluding hydrogens is 316 g/mol. The van der Waals surface area contributed by atoms with Crippen LogP contribution in [0.4, 0.5) is 0 Å². The number of carbonyl (C=O) groups is 2. The molecule has 0 heterocycles. The van der Waals surface area contributed by atoms with Crippen molar-refractivity contribution < 1.29 is 19.1 Å². The number of carbonyl (C=O) groups excluding carboxylic acids is 2. The summed E-state index contributed by atoms with van der Waals surface area (Å²) < 4.78 is 11.3. The van der Waals surface area contributed by atoms with E-state index in [9.17, 15) is 9.59 Å². The predicted molar refractivity (Wildman–Crippen MR) is 96.5 cm³/mol. The lowest BCUT2D eigenvalue weighted by Crippen LogP contribution is -2.44. The zero-order chi connectivity index (χ0) is 18.3. The van der Waals surface area contributed by atoms with Crippen molar-refractivity contribution in [1.82, 2.24) is 0 Å². The molecule has 4 nitrogen and oxygen atoms in total. The highest BCUT2D eigenvalue weighted by Crippen LogP contribution is 2.27. The number of hydrogen-bond donors (Lipinski definition) is 0. The SMILES string of the molecule is CCCC(C)(OC(=O)c1ccccc1)C(C)OC(=O)c1ccccc1. The summed E-state index contributed by atoms with van der Waals surface area (Å²) in [5.41, 5.74) is 0.0561. The van der Waals surface area contributed by atoms with Gasteiger partial charge in [-0.3, -0.25) is 0 Å². The Morgan fingerprint density at radius 1 is 0.920 bits per heavy atom. The van der Waals surface area contributed by atoms with Gasteiger partial charge in [-0.25, -0.2) is 9.59 Å². The molecule has 25 heavy (non-hydrogen) atoms. The van der Waals surface area contributed by atoms with Gasteiger partial charge in [0.1, 0.15) is 11.7 Å². The summed E-state index contributed by atoms with van der Waals surface area (Å²) in [5.74, 6) is -0.842. The molecule has 2 atom stereocenters. The molecule has 0 spiro atoms. The summed E-state index contributed by atoms with van der Waals surface area (Å²) in [7, 11) is 0. The zero-order valence-corrected chi connectivity index (χ0v) is 14.9. The van der Waals surface area contributed by atoms with Crippen LogP contribution in [-0.4, -0.2) is 23.6 Å². The fourth-order valence-corrected chi connectivity index (χ4v) is 2.61. The van der Waals surface area contributed by atoms with E-state index in [4.69, 9.17) is 9.47 Å². The zero-order valence-electron chi connectivity index (χ0n) is 14.9. The molecule has 0 aromatic heterocycles. The van der Waals surface area contributed by atoms with Crippen LogP contribution in [-0.2, 0) is 9.47 Å². The Bertz CT molecular complexity index is 696. The molecule has 2 aromatic carbocycles. The minimum Gasteiger partial charge on any atom is -0.455 e. The van der Waals surface area contributed by atoms with Gasteiger partial charge in [-0.1, -0.05) is 49.7 Å². The highest BCUT2D eigenvalue weighted by atomic mass is 16.6. The van der Waals surface area contributed by atoms with E-state index in [2.05, 4.69) is 0 Å². The number of rotatable bonds is 7. The molecule has 0 radical (unpaired) electrons. The Labute approximate surface area is 148 Å². The summed E-state index contributed by atoms with van der Waals surface area (Å²) in [6.45, 7) is 5.56. The van der Waals surface area contributed by atoms with Crippen LogP contribution < -0.4 is 0 Å². The third-order valence-electron chi connectivity index (χ3n) is 4.23. The van der Waals surface area contributed by atoms with Gasteiger partial charge in [0.2, 0.25) is 0 Å². The van der Waals surface area contributed by atoms with Gasteiger partial charge >= 0.3 is 11.9 Å². The fourth-order valence-electron chi connectivity index (χ4n) is 2.61. The second kappa shape index (κ2) is 8.47. The molecule has 0 aliphatic rings. The van der Waals surface area contributed by atoms with Crippen LogP contribution in [0.1, 0.15) is 54.3 Å². The average molecular weight is 340 g/mol. The van der Waals surface area contributed by atoms with Gasteiger partial charge in [0.25, 0.3) is 0 Å². The summed E-state index contributed by atoms with van der Waals surface area (Å²) in [4.78, 5) is 24.7. The van der Waals surface area contributed by atoms with Gasteiger partial charge in [-0.2, -0.15) is 0 Å². The minimum atomic E-state index is -0.897. The van der Waals surface area contributed by atoms with Crippen LogP contribution in [0.25, 0.3) is 0 Å². The maximum atomic E-state index is 12.4. The summed E-state index contributed by atoms with van der Waals surface area (Å²) in [6, 6.07) is 17.6. The van der Waals surface area contributed by atoms with Crippen molar-refractivity contribution in [3.8, 4) is 0 Å². The van der Waals surface area contributed by atoms with Gasteiger partial charge in [0.15, 0.2) is 0 Å². The second-order valence-electron chi connectivity index (χ2n) is 6.23. The van der Waals surface area contributed by atoms with Crippen LogP contribution in [0.15, 0.2) is 60.7 Å². The molecule has 2 rings (SSSR count). The topological polar surface area (TPSA) is 52.6 Å². The van der Waals surface area contributed by atoms with E-state index in [1.54, 1.807) is 62.4 Å². The summed E-state index contributed by atoms with van der Waals surface area (Å²) in [5, 5.41) is 0. The van der Waals surface area contributed by atoms with Gasteiger partial charge < -0.3 is 9.47 Å².